The molecule has 1 heterocycles. The molecular weight excluding hydrogens is 222 g/mol. The Balaban J connectivity index is 1.97. The number of nitrogens with one attached hydrogen (secondary N) is 1. The number of unbranched alkanes of at least 4 members (excludes halogenated alkanes) is 1. The molecule has 0 unspecified atom stereocenters. The lowest BCUT2D eigenvalue weighted by atomic mass is 10.0. The summed E-state index contributed by atoms with van der Waals surface area (Å²) in [4.78, 5) is 0. The monoisotopic (exact) mass is 239 g/mol. The summed E-state index contributed by atoms with van der Waals surface area (Å²) in [6.07, 6.45) is 3.47. The summed E-state index contributed by atoms with van der Waals surface area (Å²) >= 11 is 0. The normalized spacial score (nSPS) is 12.1. The molecule has 0 spiro atoms. The molecule has 2 aromatic carbocycles. The molecule has 0 saturated carbocycles. The van der Waals surface area contributed by atoms with Crippen LogP contribution in [-0.4, -0.2) is 0 Å². The van der Waals surface area contributed by atoms with Crippen molar-refractivity contribution in [2.24, 2.45) is 0 Å². The number of benzene rings is 2. The van der Waals surface area contributed by atoms with Gasteiger partial charge in [0.15, 0.2) is 11.5 Å². The second-order valence-electron chi connectivity index (χ2n) is 4.62. The Bertz CT molecular complexity index is 563. The molecule has 0 amide bonds. The van der Waals surface area contributed by atoms with E-state index in [1.54, 1.807) is 0 Å². The van der Waals surface area contributed by atoms with Gasteiger partial charge < -0.3 is 10.1 Å². The molecule has 92 valence electrons. The third-order valence-electron chi connectivity index (χ3n) is 3.26. The molecule has 1 aliphatic rings. The van der Waals surface area contributed by atoms with E-state index in [2.05, 4.69) is 30.4 Å². The van der Waals surface area contributed by atoms with E-state index in [1.807, 2.05) is 24.3 Å². The van der Waals surface area contributed by atoms with Gasteiger partial charge in [-0.25, -0.2) is 0 Å². The minimum absolute atomic E-state index is 0.911. The molecule has 0 bridgehead atoms. The quantitative estimate of drug-likeness (QED) is 0.703. The topological polar surface area (TPSA) is 21.3 Å². The van der Waals surface area contributed by atoms with Crippen molar-refractivity contribution in [3.8, 4) is 11.5 Å². The summed E-state index contributed by atoms with van der Waals surface area (Å²) in [6, 6.07) is 14.4. The van der Waals surface area contributed by atoms with Crippen LogP contribution < -0.4 is 10.1 Å². The molecule has 0 saturated heterocycles. The maximum Gasteiger partial charge on any atom is 0.154 e. The molecule has 0 aliphatic carbocycles. The van der Waals surface area contributed by atoms with Crippen LogP contribution in [-0.2, 0) is 6.42 Å². The molecule has 0 aromatic heterocycles. The predicted octanol–water partition coefficient (Wildman–Crippen LogP) is 4.88. The Morgan fingerprint density at radius 3 is 2.72 bits per heavy atom. The Kier molecular flexibility index (Phi) is 2.93. The highest BCUT2D eigenvalue weighted by molar-refractivity contribution is 5.76. The first-order valence-electron chi connectivity index (χ1n) is 6.54. The first-order chi connectivity index (χ1) is 8.88. The minimum Gasteiger partial charge on any atom is -0.453 e. The van der Waals surface area contributed by atoms with Gasteiger partial charge in [0.25, 0.3) is 0 Å². The second kappa shape index (κ2) is 4.73. The zero-order valence-electron chi connectivity index (χ0n) is 10.6. The smallest absolute Gasteiger partial charge is 0.154 e. The van der Waals surface area contributed by atoms with Crippen molar-refractivity contribution < 1.29 is 4.74 Å². The third kappa shape index (κ3) is 1.94. The third-order valence-corrected chi connectivity index (χ3v) is 3.26. The predicted molar refractivity (Wildman–Crippen MR) is 74.9 cm³/mol. The molecule has 3 rings (SSSR count). The van der Waals surface area contributed by atoms with E-state index in [0.717, 1.165) is 29.3 Å². The molecule has 18 heavy (non-hydrogen) atoms. The maximum absolute atomic E-state index is 6.04. The van der Waals surface area contributed by atoms with E-state index < -0.39 is 0 Å². The highest BCUT2D eigenvalue weighted by Crippen LogP contribution is 2.43. The van der Waals surface area contributed by atoms with E-state index in [-0.39, 0.29) is 0 Å². The first kappa shape index (κ1) is 11.1. The van der Waals surface area contributed by atoms with Crippen LogP contribution in [0, 0.1) is 0 Å². The van der Waals surface area contributed by atoms with Gasteiger partial charge in [0.1, 0.15) is 0 Å². The fourth-order valence-electron chi connectivity index (χ4n) is 2.28. The van der Waals surface area contributed by atoms with Crippen molar-refractivity contribution in [3.63, 3.8) is 0 Å². The van der Waals surface area contributed by atoms with Crippen LogP contribution in [0.1, 0.15) is 25.3 Å². The second-order valence-corrected chi connectivity index (χ2v) is 4.62. The lowest BCUT2D eigenvalue weighted by Gasteiger charge is -2.23. The van der Waals surface area contributed by atoms with Crippen LogP contribution in [0.5, 0.6) is 11.5 Å². The van der Waals surface area contributed by atoms with Crippen LogP contribution in [0.25, 0.3) is 0 Å². The molecule has 2 aromatic rings. The Labute approximate surface area is 108 Å². The van der Waals surface area contributed by atoms with Gasteiger partial charge in [0, 0.05) is 0 Å². The van der Waals surface area contributed by atoms with Crippen molar-refractivity contribution in [2.45, 2.75) is 26.2 Å². The SMILES string of the molecule is CCCCc1cccc2c1Oc1ccccc1N2. The summed E-state index contributed by atoms with van der Waals surface area (Å²) in [7, 11) is 0. The number of hydrogen-bond acceptors (Lipinski definition) is 2. The van der Waals surface area contributed by atoms with Crippen molar-refractivity contribution in [1.82, 2.24) is 0 Å². The summed E-state index contributed by atoms with van der Waals surface area (Å²) < 4.78 is 6.04. The van der Waals surface area contributed by atoms with Crippen molar-refractivity contribution in [2.75, 3.05) is 5.32 Å². The first-order valence-corrected chi connectivity index (χ1v) is 6.54. The Hall–Kier alpha value is -1.96. The zero-order chi connectivity index (χ0) is 12.4. The molecule has 2 heteroatoms. The number of ether oxygens (including phenoxy) is 1. The van der Waals surface area contributed by atoms with E-state index in [1.165, 1.54) is 18.4 Å². The van der Waals surface area contributed by atoms with E-state index in [9.17, 15) is 0 Å². The lowest BCUT2D eigenvalue weighted by Crippen LogP contribution is -2.04. The van der Waals surface area contributed by atoms with Gasteiger partial charge in [-0.3, -0.25) is 0 Å². The average Bonchev–Trinajstić information content (AvgIpc) is 2.43. The Morgan fingerprint density at radius 1 is 1.00 bits per heavy atom. The van der Waals surface area contributed by atoms with Gasteiger partial charge in [-0.2, -0.15) is 0 Å². The van der Waals surface area contributed by atoms with Crippen LogP contribution in [0.3, 0.4) is 0 Å². The van der Waals surface area contributed by atoms with Crippen LogP contribution >= 0.6 is 0 Å². The van der Waals surface area contributed by atoms with Crippen molar-refractivity contribution >= 4 is 11.4 Å². The number of rotatable bonds is 3. The fourth-order valence-corrected chi connectivity index (χ4v) is 2.28. The number of hydrogen-bond donors (Lipinski definition) is 1. The largest absolute Gasteiger partial charge is 0.453 e. The van der Waals surface area contributed by atoms with Crippen LogP contribution in [0.2, 0.25) is 0 Å². The number of fused-ring (bicyclic) bond motifs is 2. The summed E-state index contributed by atoms with van der Waals surface area (Å²) in [5, 5.41) is 3.43. The molecular formula is C16H17NO. The molecule has 0 fully saturated rings. The zero-order valence-corrected chi connectivity index (χ0v) is 10.6. The van der Waals surface area contributed by atoms with Gasteiger partial charge in [-0.15, -0.1) is 0 Å². The Morgan fingerprint density at radius 2 is 1.83 bits per heavy atom. The standard InChI is InChI=1S/C16H17NO/c1-2-3-7-12-8-6-10-14-16(12)18-15-11-5-4-9-13(15)17-14/h4-6,8-11,17H,2-3,7H2,1H3. The maximum atomic E-state index is 6.04. The molecule has 1 N–H and O–H groups in total. The van der Waals surface area contributed by atoms with Crippen LogP contribution in [0.15, 0.2) is 42.5 Å². The average molecular weight is 239 g/mol. The molecule has 0 atom stereocenters. The van der Waals surface area contributed by atoms with Crippen molar-refractivity contribution in [3.05, 3.63) is 48.0 Å². The van der Waals surface area contributed by atoms with Crippen LogP contribution in [0.4, 0.5) is 11.4 Å². The summed E-state index contributed by atoms with van der Waals surface area (Å²) in [6.45, 7) is 2.21. The van der Waals surface area contributed by atoms with Gasteiger partial charge in [-0.05, 0) is 36.6 Å². The lowest BCUT2D eigenvalue weighted by molar-refractivity contribution is 0.473. The molecule has 2 nitrogen and oxygen atoms in total. The van der Waals surface area contributed by atoms with E-state index in [0.29, 0.717) is 0 Å². The van der Waals surface area contributed by atoms with E-state index >= 15 is 0 Å². The molecule has 1 aliphatic heterocycles. The highest BCUT2D eigenvalue weighted by Gasteiger charge is 2.18. The fraction of sp³-hybridized carbons (Fsp3) is 0.250. The minimum atomic E-state index is 0.911. The van der Waals surface area contributed by atoms with Crippen molar-refractivity contribution in [1.29, 1.82) is 0 Å². The summed E-state index contributed by atoms with van der Waals surface area (Å²) in [5.41, 5.74) is 3.40. The summed E-state index contributed by atoms with van der Waals surface area (Å²) in [5.74, 6) is 1.90. The van der Waals surface area contributed by atoms with Gasteiger partial charge in [0.05, 0.1) is 11.4 Å². The van der Waals surface area contributed by atoms with E-state index in [4.69, 9.17) is 4.74 Å². The molecule has 0 radical (unpaired) electrons. The van der Waals surface area contributed by atoms with Gasteiger partial charge in [0.2, 0.25) is 0 Å². The number of anilines is 2. The van der Waals surface area contributed by atoms with Gasteiger partial charge >= 0.3 is 0 Å². The van der Waals surface area contributed by atoms with Gasteiger partial charge in [-0.1, -0.05) is 37.6 Å². The highest BCUT2D eigenvalue weighted by atomic mass is 16.5. The number of aryl methyl sites for hydroxylation is 1. The number of para-hydroxylation sites is 3.